The van der Waals surface area contributed by atoms with E-state index >= 15 is 0 Å². The van der Waals surface area contributed by atoms with Crippen LogP contribution >= 0.6 is 0 Å². The van der Waals surface area contributed by atoms with Crippen molar-refractivity contribution in [1.29, 1.82) is 0 Å². The third-order valence-corrected chi connectivity index (χ3v) is 6.55. The fourth-order valence-corrected chi connectivity index (χ4v) is 4.94. The molecule has 0 saturated carbocycles. The van der Waals surface area contributed by atoms with Crippen molar-refractivity contribution in [1.82, 2.24) is 24.1 Å². The van der Waals surface area contributed by atoms with Crippen LogP contribution in [-0.4, -0.2) is 49.6 Å². The van der Waals surface area contributed by atoms with Crippen molar-refractivity contribution in [2.75, 3.05) is 0 Å². The smallest absolute Gasteiger partial charge is 0.208 e. The topological polar surface area (TPSA) is 150 Å². The van der Waals surface area contributed by atoms with Crippen LogP contribution in [0.2, 0.25) is 0 Å². The zero-order chi connectivity index (χ0) is 25.4. The highest BCUT2D eigenvalue weighted by atomic mass is 16.4. The molecule has 5 aromatic heterocycles. The number of aromatic hydroxyl groups is 5. The number of phenols is 5. The normalized spacial score (nSPS) is 11.8. The van der Waals surface area contributed by atoms with E-state index in [2.05, 4.69) is 9.97 Å². The number of phenolic OH excluding ortho intramolecular Hbond substituents is 5. The van der Waals surface area contributed by atoms with E-state index in [-0.39, 0.29) is 5.69 Å². The number of benzene rings is 2. The van der Waals surface area contributed by atoms with Crippen molar-refractivity contribution in [3.63, 3.8) is 0 Å². The summed E-state index contributed by atoms with van der Waals surface area (Å²) in [4.78, 5) is 14.0. The molecule has 0 amide bonds. The Morgan fingerprint density at radius 3 is 1.59 bits per heavy atom. The van der Waals surface area contributed by atoms with Gasteiger partial charge in [0.15, 0.2) is 11.5 Å². The van der Waals surface area contributed by atoms with Gasteiger partial charge in [0.1, 0.15) is 27.8 Å². The van der Waals surface area contributed by atoms with Crippen LogP contribution in [0.15, 0.2) is 73.1 Å². The van der Waals surface area contributed by atoms with Gasteiger partial charge in [0.2, 0.25) is 17.2 Å². The van der Waals surface area contributed by atoms with Crippen LogP contribution in [0, 0.1) is 0 Å². The molecule has 0 bridgehead atoms. The summed E-state index contributed by atoms with van der Waals surface area (Å²) in [6.45, 7) is 0. The maximum Gasteiger partial charge on any atom is 0.208 e. The minimum Gasteiger partial charge on any atom is -0.503 e. The molecule has 0 fully saturated rings. The molecule has 0 aliphatic heterocycles. The molecule has 37 heavy (non-hydrogen) atoms. The van der Waals surface area contributed by atoms with E-state index in [1.54, 1.807) is 24.5 Å². The predicted octanol–water partition coefficient (Wildman–Crippen LogP) is 4.59. The number of fused-ring (bicyclic) bond motifs is 6. The largest absolute Gasteiger partial charge is 0.503 e. The molecule has 0 saturated heterocycles. The fourth-order valence-electron chi connectivity index (χ4n) is 4.94. The van der Waals surface area contributed by atoms with Gasteiger partial charge >= 0.3 is 0 Å². The van der Waals surface area contributed by atoms with E-state index in [0.29, 0.717) is 38.6 Å². The molecule has 0 unspecified atom stereocenters. The van der Waals surface area contributed by atoms with E-state index in [0.717, 1.165) is 11.2 Å². The molecule has 0 aliphatic rings. The number of rotatable bonds is 2. The number of hydrogen-bond acceptors (Lipinski definition) is 8. The molecule has 0 spiro atoms. The molecule has 5 N–H and O–H groups in total. The molecular formula is C27H17N5O5. The first kappa shape index (κ1) is 20.8. The molecule has 7 aromatic rings. The SMILES string of the molecule is Oc1c(O)c(O)c(-n2c3cccnc3c3nc4c5ncccc5n(-c5ccccc5)c4cc32)c(O)c1O. The Balaban J connectivity index is 1.72. The quantitative estimate of drug-likeness (QED) is 0.174. The minimum absolute atomic E-state index is 0.331. The summed E-state index contributed by atoms with van der Waals surface area (Å²) in [5.41, 5.74) is 5.17. The lowest BCUT2D eigenvalue weighted by molar-refractivity contribution is 0.327. The second-order valence-corrected chi connectivity index (χ2v) is 8.56. The van der Waals surface area contributed by atoms with Gasteiger partial charge in [0.25, 0.3) is 0 Å². The lowest BCUT2D eigenvalue weighted by Gasteiger charge is -2.15. The number of hydrogen-bond donors (Lipinski definition) is 5. The maximum atomic E-state index is 10.8. The van der Waals surface area contributed by atoms with Crippen molar-refractivity contribution in [2.45, 2.75) is 0 Å². The summed E-state index contributed by atoms with van der Waals surface area (Å²) in [6.07, 6.45) is 3.29. The Morgan fingerprint density at radius 1 is 0.486 bits per heavy atom. The highest BCUT2D eigenvalue weighted by Gasteiger charge is 2.28. The number of nitrogens with zero attached hydrogens (tertiary/aromatic N) is 5. The van der Waals surface area contributed by atoms with Gasteiger partial charge in [-0.2, -0.15) is 0 Å². The third-order valence-electron chi connectivity index (χ3n) is 6.55. The van der Waals surface area contributed by atoms with Crippen molar-refractivity contribution >= 4 is 44.1 Å². The Hall–Kier alpha value is -5.51. The van der Waals surface area contributed by atoms with Crippen LogP contribution in [0.3, 0.4) is 0 Å². The average molecular weight is 491 g/mol. The fraction of sp³-hybridized carbons (Fsp3) is 0. The van der Waals surface area contributed by atoms with Gasteiger partial charge in [0.05, 0.1) is 22.1 Å². The van der Waals surface area contributed by atoms with Gasteiger partial charge in [-0.05, 0) is 42.5 Å². The third kappa shape index (κ3) is 2.66. The number of aromatic nitrogens is 5. The molecular weight excluding hydrogens is 474 g/mol. The summed E-state index contributed by atoms with van der Waals surface area (Å²) in [6, 6.07) is 18.7. The van der Waals surface area contributed by atoms with E-state index in [1.165, 1.54) is 4.57 Å². The van der Waals surface area contributed by atoms with Gasteiger partial charge in [-0.1, -0.05) is 18.2 Å². The predicted molar refractivity (Wildman–Crippen MR) is 137 cm³/mol. The first-order valence-corrected chi connectivity index (χ1v) is 11.3. The van der Waals surface area contributed by atoms with Gasteiger partial charge in [-0.15, -0.1) is 0 Å². The van der Waals surface area contributed by atoms with Gasteiger partial charge in [-0.25, -0.2) is 4.98 Å². The lowest BCUT2D eigenvalue weighted by Crippen LogP contribution is -1.98. The molecule has 0 atom stereocenters. The minimum atomic E-state index is -1.03. The molecule has 0 radical (unpaired) electrons. The zero-order valence-corrected chi connectivity index (χ0v) is 18.9. The van der Waals surface area contributed by atoms with Gasteiger partial charge in [-0.3, -0.25) is 14.5 Å². The Kier molecular flexibility index (Phi) is 4.08. The molecule has 10 nitrogen and oxygen atoms in total. The molecule has 2 aromatic carbocycles. The first-order valence-electron chi connectivity index (χ1n) is 11.3. The van der Waals surface area contributed by atoms with E-state index in [9.17, 15) is 25.5 Å². The van der Waals surface area contributed by atoms with E-state index < -0.39 is 28.7 Å². The second kappa shape index (κ2) is 7.25. The summed E-state index contributed by atoms with van der Waals surface area (Å²) < 4.78 is 3.44. The highest BCUT2D eigenvalue weighted by Crippen LogP contribution is 2.53. The molecule has 0 aliphatic carbocycles. The van der Waals surface area contributed by atoms with Gasteiger partial charge < -0.3 is 30.1 Å². The van der Waals surface area contributed by atoms with Crippen LogP contribution in [0.1, 0.15) is 0 Å². The number of para-hydroxylation sites is 1. The highest BCUT2D eigenvalue weighted by molar-refractivity contribution is 6.13. The average Bonchev–Trinajstić information content (AvgIpc) is 3.43. The number of pyridine rings is 3. The monoisotopic (exact) mass is 491 g/mol. The van der Waals surface area contributed by atoms with Crippen LogP contribution in [0.4, 0.5) is 0 Å². The van der Waals surface area contributed by atoms with Crippen molar-refractivity contribution < 1.29 is 25.5 Å². The first-order chi connectivity index (χ1) is 18.0. The Morgan fingerprint density at radius 2 is 1.00 bits per heavy atom. The Bertz CT molecular complexity index is 2020. The maximum absolute atomic E-state index is 10.8. The molecule has 180 valence electrons. The van der Waals surface area contributed by atoms with Crippen molar-refractivity contribution in [2.24, 2.45) is 0 Å². The standard InChI is InChI=1S/C27H17N5O5/c33-23-22(24(34)26(36)27(37)25(23)35)32-15-9-5-11-29-19(15)21-17(32)12-16-20(30-21)18-14(8-4-10-28-18)31(16)13-6-2-1-3-7-13/h1-12,33-37H. The lowest BCUT2D eigenvalue weighted by atomic mass is 10.2. The van der Waals surface area contributed by atoms with Crippen LogP contribution in [0.5, 0.6) is 28.7 Å². The van der Waals surface area contributed by atoms with E-state index in [1.807, 2.05) is 53.1 Å². The second-order valence-electron chi connectivity index (χ2n) is 8.56. The summed E-state index contributed by atoms with van der Waals surface area (Å²) in [5.74, 6) is -4.61. The summed E-state index contributed by atoms with van der Waals surface area (Å²) in [7, 11) is 0. The molecule has 10 heteroatoms. The van der Waals surface area contributed by atoms with E-state index in [4.69, 9.17) is 4.98 Å². The molecule has 5 heterocycles. The summed E-state index contributed by atoms with van der Waals surface area (Å²) in [5, 5.41) is 52.0. The van der Waals surface area contributed by atoms with Crippen LogP contribution in [0.25, 0.3) is 55.5 Å². The van der Waals surface area contributed by atoms with Crippen molar-refractivity contribution in [3.05, 3.63) is 73.1 Å². The summed E-state index contributed by atoms with van der Waals surface area (Å²) >= 11 is 0. The Labute approximate surface area is 207 Å². The zero-order valence-electron chi connectivity index (χ0n) is 18.9. The van der Waals surface area contributed by atoms with Crippen LogP contribution < -0.4 is 0 Å². The molecule has 7 rings (SSSR count). The van der Waals surface area contributed by atoms with Gasteiger partial charge in [0, 0.05) is 18.1 Å². The van der Waals surface area contributed by atoms with Crippen LogP contribution in [-0.2, 0) is 0 Å². The van der Waals surface area contributed by atoms with Crippen molar-refractivity contribution in [3.8, 4) is 40.1 Å².